The van der Waals surface area contributed by atoms with Crippen molar-refractivity contribution in [1.29, 1.82) is 5.41 Å². The number of carbonyl (C=O) groups is 2. The van der Waals surface area contributed by atoms with Crippen molar-refractivity contribution in [1.82, 2.24) is 9.80 Å². The van der Waals surface area contributed by atoms with Crippen LogP contribution in [0.1, 0.15) is 43.6 Å². The summed E-state index contributed by atoms with van der Waals surface area (Å²) in [4.78, 5) is 27.9. The number of hydrogen-bond donors (Lipinski definition) is 1. The summed E-state index contributed by atoms with van der Waals surface area (Å²) in [6, 6.07) is 6.39. The molecule has 1 saturated carbocycles. The summed E-state index contributed by atoms with van der Waals surface area (Å²) in [7, 11) is 3.14. The van der Waals surface area contributed by atoms with Gasteiger partial charge in [0, 0.05) is 27.1 Å². The zero-order valence-electron chi connectivity index (χ0n) is 17.3. The lowest BCUT2D eigenvalue weighted by Gasteiger charge is -2.35. The number of halogens is 3. The predicted octanol–water partition coefficient (Wildman–Crippen LogP) is 3.69. The Hall–Kier alpha value is -2.38. The Labute approximate surface area is 174 Å². The summed E-state index contributed by atoms with van der Waals surface area (Å²) in [5.74, 6) is -5.24. The van der Waals surface area contributed by atoms with E-state index >= 15 is 0 Å². The lowest BCUT2D eigenvalue weighted by Crippen LogP contribution is -2.47. The first kappa shape index (κ1) is 22.3. The highest BCUT2D eigenvalue weighted by Gasteiger charge is 2.44. The number of nitrogens with one attached hydrogen (secondary N) is 1. The highest BCUT2D eigenvalue weighted by Crippen LogP contribution is 2.40. The lowest BCUT2D eigenvalue weighted by atomic mass is 9.72. The van der Waals surface area contributed by atoms with Crippen LogP contribution in [0.3, 0.4) is 0 Å². The molecule has 8 heteroatoms. The van der Waals surface area contributed by atoms with Crippen molar-refractivity contribution >= 4 is 17.5 Å². The molecule has 2 amide bonds. The average molecular weight is 423 g/mol. The van der Waals surface area contributed by atoms with Gasteiger partial charge < -0.3 is 9.80 Å². The van der Waals surface area contributed by atoms with E-state index in [9.17, 15) is 22.8 Å². The minimum absolute atomic E-state index is 0.103. The van der Waals surface area contributed by atoms with Crippen LogP contribution in [-0.2, 0) is 9.59 Å². The van der Waals surface area contributed by atoms with Gasteiger partial charge in [0.25, 0.3) is 11.8 Å². The number of alkyl halides is 2. The molecule has 0 bridgehead atoms. The molecule has 1 aromatic rings. The molecule has 0 aromatic heterocycles. The van der Waals surface area contributed by atoms with Crippen molar-refractivity contribution in [3.05, 3.63) is 35.6 Å². The predicted molar refractivity (Wildman–Crippen MR) is 107 cm³/mol. The maximum atomic E-state index is 13.5. The molecule has 1 N–H and O–H groups in total. The summed E-state index contributed by atoms with van der Waals surface area (Å²) in [6.45, 7) is -0.803. The highest BCUT2D eigenvalue weighted by molar-refractivity contribution is 6.41. The fourth-order valence-corrected chi connectivity index (χ4v) is 4.57. The van der Waals surface area contributed by atoms with Crippen LogP contribution < -0.4 is 0 Å². The molecule has 1 aromatic carbocycles. The molecular weight excluding hydrogens is 395 g/mol. The summed E-state index contributed by atoms with van der Waals surface area (Å²) < 4.78 is 40.2. The number of benzene rings is 1. The molecular formula is C22H28F3N3O2. The van der Waals surface area contributed by atoms with Gasteiger partial charge >= 0.3 is 0 Å². The van der Waals surface area contributed by atoms with Crippen LogP contribution in [0.4, 0.5) is 13.2 Å². The van der Waals surface area contributed by atoms with Gasteiger partial charge in [0.05, 0.1) is 12.5 Å². The first-order valence-electron chi connectivity index (χ1n) is 10.3. The smallest absolute Gasteiger partial charge is 0.268 e. The summed E-state index contributed by atoms with van der Waals surface area (Å²) in [5, 5.41) is 8.42. The zero-order chi connectivity index (χ0) is 22.1. The zero-order valence-corrected chi connectivity index (χ0v) is 17.3. The number of rotatable bonds is 5. The van der Waals surface area contributed by atoms with Crippen LogP contribution in [0.5, 0.6) is 0 Å². The maximum absolute atomic E-state index is 13.5. The molecule has 0 radical (unpaired) electrons. The van der Waals surface area contributed by atoms with E-state index in [1.807, 2.05) is 0 Å². The first-order chi connectivity index (χ1) is 14.1. The van der Waals surface area contributed by atoms with Gasteiger partial charge in [-0.15, -0.1) is 0 Å². The van der Waals surface area contributed by atoms with E-state index in [1.54, 1.807) is 26.2 Å². The molecule has 3 rings (SSSR count). The fourth-order valence-electron chi connectivity index (χ4n) is 4.57. The van der Waals surface area contributed by atoms with Crippen molar-refractivity contribution in [2.24, 2.45) is 11.8 Å². The molecule has 1 aliphatic carbocycles. The SMILES string of the molecule is CN(C)C(=O)[C@H](C(=N)C(=O)N1CCC(F)(F)C1)C1CCC(c2ccc(F)cc2)CC1. The van der Waals surface area contributed by atoms with Gasteiger partial charge in [0.2, 0.25) is 5.91 Å². The van der Waals surface area contributed by atoms with Crippen LogP contribution in [0.25, 0.3) is 0 Å². The van der Waals surface area contributed by atoms with Crippen LogP contribution in [0.15, 0.2) is 24.3 Å². The topological polar surface area (TPSA) is 64.5 Å². The molecule has 164 valence electrons. The van der Waals surface area contributed by atoms with Gasteiger partial charge in [0.1, 0.15) is 11.5 Å². The minimum Gasteiger partial charge on any atom is -0.348 e. The number of amides is 2. The minimum atomic E-state index is -2.94. The number of nitrogens with zero attached hydrogens (tertiary/aromatic N) is 2. The number of likely N-dealkylation sites (tertiary alicyclic amines) is 1. The maximum Gasteiger partial charge on any atom is 0.268 e. The monoisotopic (exact) mass is 423 g/mol. The van der Waals surface area contributed by atoms with E-state index in [1.165, 1.54) is 17.0 Å². The van der Waals surface area contributed by atoms with Gasteiger partial charge in [-0.3, -0.25) is 15.0 Å². The summed E-state index contributed by atoms with van der Waals surface area (Å²) in [5.41, 5.74) is 0.646. The standard InChI is InChI=1S/C22H28F3N3O2/c1-27(2)20(29)18(19(26)21(30)28-12-11-22(24,25)13-28)16-5-3-14(4-6-16)15-7-9-17(23)10-8-15/h7-10,14,16,18,26H,3-6,11-13H2,1-2H3/t14?,16?,18-/m0/s1. The van der Waals surface area contributed by atoms with Crippen molar-refractivity contribution < 1.29 is 22.8 Å². The molecule has 30 heavy (non-hydrogen) atoms. The molecule has 1 saturated heterocycles. The van der Waals surface area contributed by atoms with Gasteiger partial charge in [-0.05, 0) is 55.2 Å². The van der Waals surface area contributed by atoms with E-state index in [-0.39, 0.29) is 30.1 Å². The van der Waals surface area contributed by atoms with Gasteiger partial charge in [-0.25, -0.2) is 13.2 Å². The molecule has 2 aliphatic rings. The van der Waals surface area contributed by atoms with Crippen molar-refractivity contribution in [2.45, 2.75) is 43.9 Å². The summed E-state index contributed by atoms with van der Waals surface area (Å²) >= 11 is 0. The van der Waals surface area contributed by atoms with Gasteiger partial charge in [-0.2, -0.15) is 0 Å². The third kappa shape index (κ3) is 4.84. The van der Waals surface area contributed by atoms with Crippen molar-refractivity contribution in [3.63, 3.8) is 0 Å². The van der Waals surface area contributed by atoms with E-state index in [0.717, 1.165) is 23.3 Å². The van der Waals surface area contributed by atoms with E-state index in [2.05, 4.69) is 0 Å². The number of carbonyl (C=O) groups excluding carboxylic acids is 2. The second-order valence-corrected chi connectivity index (χ2v) is 8.62. The second-order valence-electron chi connectivity index (χ2n) is 8.62. The third-order valence-corrected chi connectivity index (χ3v) is 6.29. The van der Waals surface area contributed by atoms with Crippen LogP contribution >= 0.6 is 0 Å². The molecule has 2 fully saturated rings. The quantitative estimate of drug-likeness (QED) is 0.734. The Morgan fingerprint density at radius 1 is 1.13 bits per heavy atom. The van der Waals surface area contributed by atoms with E-state index in [0.29, 0.717) is 12.8 Å². The lowest BCUT2D eigenvalue weighted by molar-refractivity contribution is -0.134. The molecule has 1 atom stereocenters. The normalized spacial score (nSPS) is 24.4. The van der Waals surface area contributed by atoms with Crippen molar-refractivity contribution in [3.8, 4) is 0 Å². The van der Waals surface area contributed by atoms with Crippen LogP contribution in [0, 0.1) is 23.1 Å². The van der Waals surface area contributed by atoms with Gasteiger partial charge in [-0.1, -0.05) is 12.1 Å². The van der Waals surface area contributed by atoms with Crippen LogP contribution in [0.2, 0.25) is 0 Å². The van der Waals surface area contributed by atoms with Gasteiger partial charge in [0.15, 0.2) is 0 Å². The summed E-state index contributed by atoms with van der Waals surface area (Å²) in [6.07, 6.45) is 2.38. The highest BCUT2D eigenvalue weighted by atomic mass is 19.3. The Balaban J connectivity index is 1.71. The molecule has 5 nitrogen and oxygen atoms in total. The third-order valence-electron chi connectivity index (χ3n) is 6.29. The Bertz CT molecular complexity index is 802. The molecule has 0 spiro atoms. The second kappa shape index (κ2) is 8.78. The molecule has 1 heterocycles. The average Bonchev–Trinajstić information content (AvgIpc) is 3.08. The van der Waals surface area contributed by atoms with Crippen molar-refractivity contribution in [2.75, 3.05) is 27.2 Å². The largest absolute Gasteiger partial charge is 0.348 e. The number of hydrogen-bond acceptors (Lipinski definition) is 3. The van der Waals surface area contributed by atoms with E-state index in [4.69, 9.17) is 5.41 Å². The fraction of sp³-hybridized carbons (Fsp3) is 0.591. The van der Waals surface area contributed by atoms with Crippen LogP contribution in [-0.4, -0.2) is 60.4 Å². The van der Waals surface area contributed by atoms with E-state index < -0.39 is 36.4 Å². The Kier molecular flexibility index (Phi) is 6.53. The first-order valence-corrected chi connectivity index (χ1v) is 10.3. The Morgan fingerprint density at radius 2 is 1.73 bits per heavy atom. The molecule has 1 aliphatic heterocycles. The Morgan fingerprint density at radius 3 is 2.23 bits per heavy atom. The molecule has 0 unspecified atom stereocenters.